The maximum atomic E-state index is 12.6. The van der Waals surface area contributed by atoms with Crippen LogP contribution in [0.2, 0.25) is 0 Å². The molecule has 3 nitrogen and oxygen atoms in total. The summed E-state index contributed by atoms with van der Waals surface area (Å²) in [7, 11) is 1.83. The summed E-state index contributed by atoms with van der Waals surface area (Å²) in [6, 6.07) is 15.7. The Kier molecular flexibility index (Phi) is 3.94. The van der Waals surface area contributed by atoms with E-state index in [0.29, 0.717) is 0 Å². The molecule has 3 rings (SSSR count). The standard InChI is InChI=1S/C18H18N2OS/c1-12-7-6-8-14(11-12)18(21)20(3)13(2)17-19-15-9-4-5-10-16(15)22-17/h4-11,13H,1-3H3/t13-/m1/s1. The summed E-state index contributed by atoms with van der Waals surface area (Å²) in [5.41, 5.74) is 2.80. The predicted octanol–water partition coefficient (Wildman–Crippen LogP) is 4.44. The Labute approximate surface area is 134 Å². The molecule has 0 unspecified atom stereocenters. The first-order valence-corrected chi connectivity index (χ1v) is 8.07. The van der Waals surface area contributed by atoms with Gasteiger partial charge in [0.25, 0.3) is 5.91 Å². The second-order valence-electron chi connectivity index (χ2n) is 5.48. The van der Waals surface area contributed by atoms with Crippen molar-refractivity contribution >= 4 is 27.5 Å². The highest BCUT2D eigenvalue weighted by Gasteiger charge is 2.21. The minimum absolute atomic E-state index is 0.0236. The fourth-order valence-electron chi connectivity index (χ4n) is 2.39. The van der Waals surface area contributed by atoms with Crippen LogP contribution in [0.15, 0.2) is 48.5 Å². The van der Waals surface area contributed by atoms with Gasteiger partial charge in [0, 0.05) is 12.6 Å². The van der Waals surface area contributed by atoms with Crippen molar-refractivity contribution in [1.29, 1.82) is 0 Å². The van der Waals surface area contributed by atoms with Crippen molar-refractivity contribution in [1.82, 2.24) is 9.88 Å². The highest BCUT2D eigenvalue weighted by Crippen LogP contribution is 2.29. The minimum Gasteiger partial charge on any atom is -0.333 e. The van der Waals surface area contributed by atoms with Crippen molar-refractivity contribution in [2.75, 3.05) is 7.05 Å². The van der Waals surface area contributed by atoms with Crippen molar-refractivity contribution in [3.05, 3.63) is 64.7 Å². The number of hydrogen-bond acceptors (Lipinski definition) is 3. The molecule has 0 radical (unpaired) electrons. The molecule has 1 atom stereocenters. The molecule has 1 amide bonds. The predicted molar refractivity (Wildman–Crippen MR) is 91.3 cm³/mol. The normalized spacial score (nSPS) is 12.3. The number of carbonyl (C=O) groups is 1. The quantitative estimate of drug-likeness (QED) is 0.716. The van der Waals surface area contributed by atoms with Crippen LogP contribution in [-0.2, 0) is 0 Å². The molecule has 0 spiro atoms. The summed E-state index contributed by atoms with van der Waals surface area (Å²) in [5, 5.41) is 0.963. The van der Waals surface area contributed by atoms with E-state index in [0.717, 1.165) is 26.4 Å². The lowest BCUT2D eigenvalue weighted by atomic mass is 10.1. The van der Waals surface area contributed by atoms with Gasteiger partial charge in [0.05, 0.1) is 16.3 Å². The lowest BCUT2D eigenvalue weighted by molar-refractivity contribution is 0.0742. The molecule has 0 N–H and O–H groups in total. The maximum Gasteiger partial charge on any atom is 0.254 e. The molecule has 4 heteroatoms. The highest BCUT2D eigenvalue weighted by atomic mass is 32.1. The third-order valence-corrected chi connectivity index (χ3v) is 5.04. The average Bonchev–Trinajstić information content (AvgIpc) is 2.96. The van der Waals surface area contributed by atoms with Crippen LogP contribution >= 0.6 is 11.3 Å². The lowest BCUT2D eigenvalue weighted by Crippen LogP contribution is -2.29. The Balaban J connectivity index is 1.87. The molecule has 0 aliphatic heterocycles. The van der Waals surface area contributed by atoms with Gasteiger partial charge in [-0.1, -0.05) is 29.8 Å². The molecule has 2 aromatic carbocycles. The number of rotatable bonds is 3. The average molecular weight is 310 g/mol. The van der Waals surface area contributed by atoms with Crippen molar-refractivity contribution in [3.63, 3.8) is 0 Å². The fraction of sp³-hybridized carbons (Fsp3) is 0.222. The molecule has 0 fully saturated rings. The SMILES string of the molecule is Cc1cccc(C(=O)N(C)[C@H](C)c2nc3ccccc3s2)c1. The number of nitrogens with zero attached hydrogens (tertiary/aromatic N) is 2. The van der Waals surface area contributed by atoms with E-state index in [1.54, 1.807) is 16.2 Å². The zero-order chi connectivity index (χ0) is 15.7. The first kappa shape index (κ1) is 14.7. The van der Waals surface area contributed by atoms with Crippen LogP contribution in [0.5, 0.6) is 0 Å². The molecule has 0 bridgehead atoms. The molecular formula is C18H18N2OS. The Morgan fingerprint density at radius 2 is 1.95 bits per heavy atom. The number of amides is 1. The Hall–Kier alpha value is -2.20. The van der Waals surface area contributed by atoms with E-state index in [9.17, 15) is 4.79 Å². The zero-order valence-corrected chi connectivity index (χ0v) is 13.7. The summed E-state index contributed by atoms with van der Waals surface area (Å²) in [6.45, 7) is 4.01. The fourth-order valence-corrected chi connectivity index (χ4v) is 3.45. The first-order chi connectivity index (χ1) is 10.6. The van der Waals surface area contributed by atoms with Gasteiger partial charge in [0.15, 0.2) is 0 Å². The van der Waals surface area contributed by atoms with E-state index in [-0.39, 0.29) is 11.9 Å². The molecule has 0 aliphatic carbocycles. The van der Waals surface area contributed by atoms with Gasteiger partial charge < -0.3 is 4.90 Å². The molecule has 112 valence electrons. The summed E-state index contributed by atoms with van der Waals surface area (Å²) in [5.74, 6) is 0.0236. The van der Waals surface area contributed by atoms with Gasteiger partial charge in [-0.15, -0.1) is 11.3 Å². The lowest BCUT2D eigenvalue weighted by Gasteiger charge is -2.23. The van der Waals surface area contributed by atoms with E-state index in [2.05, 4.69) is 11.1 Å². The van der Waals surface area contributed by atoms with Crippen LogP contribution in [0, 0.1) is 6.92 Å². The summed E-state index contributed by atoms with van der Waals surface area (Å²) in [6.07, 6.45) is 0. The molecule has 0 saturated heterocycles. The Morgan fingerprint density at radius 1 is 1.18 bits per heavy atom. The van der Waals surface area contributed by atoms with Gasteiger partial charge in [0.1, 0.15) is 5.01 Å². The van der Waals surface area contributed by atoms with Crippen molar-refractivity contribution < 1.29 is 4.79 Å². The number of benzene rings is 2. The van der Waals surface area contributed by atoms with Crippen molar-refractivity contribution in [2.24, 2.45) is 0 Å². The number of hydrogen-bond donors (Lipinski definition) is 0. The third-order valence-electron chi connectivity index (χ3n) is 3.83. The zero-order valence-electron chi connectivity index (χ0n) is 12.9. The van der Waals surface area contributed by atoms with Gasteiger partial charge in [-0.3, -0.25) is 4.79 Å². The van der Waals surface area contributed by atoms with Crippen LogP contribution in [0.4, 0.5) is 0 Å². The van der Waals surface area contributed by atoms with Gasteiger partial charge in [-0.2, -0.15) is 0 Å². The van der Waals surface area contributed by atoms with Gasteiger partial charge in [-0.25, -0.2) is 4.98 Å². The Bertz CT molecular complexity index is 792. The van der Waals surface area contributed by atoms with E-state index in [4.69, 9.17) is 0 Å². The second kappa shape index (κ2) is 5.89. The van der Waals surface area contributed by atoms with Gasteiger partial charge in [0.2, 0.25) is 0 Å². The number of aromatic nitrogens is 1. The molecule has 22 heavy (non-hydrogen) atoms. The van der Waals surface area contributed by atoms with Gasteiger partial charge >= 0.3 is 0 Å². The first-order valence-electron chi connectivity index (χ1n) is 7.25. The Morgan fingerprint density at radius 3 is 2.68 bits per heavy atom. The molecular weight excluding hydrogens is 292 g/mol. The monoisotopic (exact) mass is 310 g/mol. The van der Waals surface area contributed by atoms with E-state index < -0.39 is 0 Å². The minimum atomic E-state index is -0.0505. The second-order valence-corrected chi connectivity index (χ2v) is 6.54. The smallest absolute Gasteiger partial charge is 0.254 e. The summed E-state index contributed by atoms with van der Waals surface area (Å²) < 4.78 is 1.15. The highest BCUT2D eigenvalue weighted by molar-refractivity contribution is 7.18. The molecule has 3 aromatic rings. The van der Waals surface area contributed by atoms with Crippen molar-refractivity contribution in [3.8, 4) is 0 Å². The molecule has 0 aliphatic rings. The van der Waals surface area contributed by atoms with Crippen LogP contribution in [0.25, 0.3) is 10.2 Å². The van der Waals surface area contributed by atoms with E-state index >= 15 is 0 Å². The largest absolute Gasteiger partial charge is 0.333 e. The van der Waals surface area contributed by atoms with Gasteiger partial charge in [-0.05, 0) is 38.1 Å². The number of thiazole rings is 1. The number of para-hydroxylation sites is 1. The van der Waals surface area contributed by atoms with E-state index in [1.165, 1.54) is 0 Å². The van der Waals surface area contributed by atoms with E-state index in [1.807, 2.05) is 63.4 Å². The molecule has 1 aromatic heterocycles. The molecule has 0 saturated carbocycles. The van der Waals surface area contributed by atoms with Crippen LogP contribution in [-0.4, -0.2) is 22.8 Å². The van der Waals surface area contributed by atoms with Crippen molar-refractivity contribution in [2.45, 2.75) is 19.9 Å². The number of carbonyl (C=O) groups excluding carboxylic acids is 1. The third kappa shape index (κ3) is 2.74. The maximum absolute atomic E-state index is 12.6. The van der Waals surface area contributed by atoms with Crippen LogP contribution < -0.4 is 0 Å². The summed E-state index contributed by atoms with van der Waals surface area (Å²) >= 11 is 1.64. The summed E-state index contributed by atoms with van der Waals surface area (Å²) in [4.78, 5) is 19.0. The number of aryl methyl sites for hydroxylation is 1. The molecule has 1 heterocycles. The topological polar surface area (TPSA) is 33.2 Å². The number of fused-ring (bicyclic) bond motifs is 1. The van der Waals surface area contributed by atoms with Crippen LogP contribution in [0.1, 0.15) is 33.9 Å². The van der Waals surface area contributed by atoms with Crippen LogP contribution in [0.3, 0.4) is 0 Å².